The Labute approximate surface area is 112 Å². The van der Waals surface area contributed by atoms with Gasteiger partial charge in [-0.1, -0.05) is 6.07 Å². The van der Waals surface area contributed by atoms with E-state index in [0.29, 0.717) is 11.4 Å². The Hall–Kier alpha value is -1.75. The standard InChI is InChI=1S/C13H9ClF3NO/c14-8-10-7-12(4-5-18-10)19-11-3-1-2-9(6-11)13(15,16)17/h1-7H,8H2. The van der Waals surface area contributed by atoms with Gasteiger partial charge in [0.15, 0.2) is 0 Å². The lowest BCUT2D eigenvalue weighted by Crippen LogP contribution is -2.04. The Kier molecular flexibility index (Phi) is 3.95. The summed E-state index contributed by atoms with van der Waals surface area (Å²) >= 11 is 5.62. The van der Waals surface area contributed by atoms with Gasteiger partial charge in [0.25, 0.3) is 0 Å². The zero-order valence-electron chi connectivity index (χ0n) is 9.62. The monoisotopic (exact) mass is 287 g/mol. The molecule has 0 unspecified atom stereocenters. The summed E-state index contributed by atoms with van der Waals surface area (Å²) in [5.41, 5.74) is -0.164. The fourth-order valence-electron chi connectivity index (χ4n) is 1.46. The normalized spacial score (nSPS) is 11.4. The van der Waals surface area contributed by atoms with Crippen molar-refractivity contribution in [1.82, 2.24) is 4.98 Å². The highest BCUT2D eigenvalue weighted by molar-refractivity contribution is 6.16. The summed E-state index contributed by atoms with van der Waals surface area (Å²) in [7, 11) is 0. The van der Waals surface area contributed by atoms with Gasteiger partial charge in [-0.15, -0.1) is 11.6 Å². The highest BCUT2D eigenvalue weighted by Gasteiger charge is 2.30. The molecule has 0 spiro atoms. The smallest absolute Gasteiger partial charge is 0.416 e. The molecule has 0 aliphatic rings. The van der Waals surface area contributed by atoms with Gasteiger partial charge >= 0.3 is 6.18 Å². The van der Waals surface area contributed by atoms with E-state index >= 15 is 0 Å². The van der Waals surface area contributed by atoms with Gasteiger partial charge in [0, 0.05) is 12.3 Å². The molecule has 100 valence electrons. The number of rotatable bonds is 3. The topological polar surface area (TPSA) is 22.1 Å². The lowest BCUT2D eigenvalue weighted by atomic mass is 10.2. The largest absolute Gasteiger partial charge is 0.457 e. The summed E-state index contributed by atoms with van der Waals surface area (Å²) in [5, 5.41) is 0. The molecule has 0 aliphatic carbocycles. The molecule has 1 aromatic heterocycles. The van der Waals surface area contributed by atoms with Crippen LogP contribution in [-0.4, -0.2) is 4.98 Å². The van der Waals surface area contributed by atoms with Gasteiger partial charge < -0.3 is 4.74 Å². The minimum Gasteiger partial charge on any atom is -0.457 e. The molecular formula is C13H9ClF3NO. The third-order valence-electron chi connectivity index (χ3n) is 2.32. The van der Waals surface area contributed by atoms with E-state index in [-0.39, 0.29) is 11.6 Å². The minimum absolute atomic E-state index is 0.113. The number of nitrogens with zero attached hydrogens (tertiary/aromatic N) is 1. The van der Waals surface area contributed by atoms with E-state index in [0.717, 1.165) is 12.1 Å². The second-order valence-electron chi connectivity index (χ2n) is 3.74. The second kappa shape index (κ2) is 5.48. The second-order valence-corrected chi connectivity index (χ2v) is 4.01. The zero-order valence-corrected chi connectivity index (χ0v) is 10.4. The SMILES string of the molecule is FC(F)(F)c1cccc(Oc2ccnc(CCl)c2)c1. The number of pyridine rings is 1. The van der Waals surface area contributed by atoms with Crippen LogP contribution in [0.3, 0.4) is 0 Å². The van der Waals surface area contributed by atoms with Crippen LogP contribution in [0.25, 0.3) is 0 Å². The summed E-state index contributed by atoms with van der Waals surface area (Å²) in [6.07, 6.45) is -2.90. The van der Waals surface area contributed by atoms with Gasteiger partial charge in [-0.05, 0) is 24.3 Å². The summed E-state index contributed by atoms with van der Waals surface area (Å²) in [6, 6.07) is 7.81. The van der Waals surface area contributed by atoms with E-state index in [1.54, 1.807) is 12.1 Å². The molecule has 19 heavy (non-hydrogen) atoms. The van der Waals surface area contributed by atoms with E-state index in [1.807, 2.05) is 0 Å². The molecule has 2 nitrogen and oxygen atoms in total. The van der Waals surface area contributed by atoms with Crippen molar-refractivity contribution in [3.8, 4) is 11.5 Å². The molecule has 0 radical (unpaired) electrons. The van der Waals surface area contributed by atoms with Gasteiger partial charge in [0.05, 0.1) is 17.1 Å². The van der Waals surface area contributed by atoms with Crippen LogP contribution in [0.2, 0.25) is 0 Å². The molecule has 0 aliphatic heterocycles. The van der Waals surface area contributed by atoms with E-state index in [2.05, 4.69) is 4.98 Å². The van der Waals surface area contributed by atoms with E-state index in [9.17, 15) is 13.2 Å². The van der Waals surface area contributed by atoms with Crippen molar-refractivity contribution in [1.29, 1.82) is 0 Å². The van der Waals surface area contributed by atoms with E-state index < -0.39 is 11.7 Å². The fourth-order valence-corrected chi connectivity index (χ4v) is 1.61. The highest BCUT2D eigenvalue weighted by Crippen LogP contribution is 2.32. The molecule has 6 heteroatoms. The first kappa shape index (κ1) is 13.7. The number of hydrogen-bond acceptors (Lipinski definition) is 2. The van der Waals surface area contributed by atoms with Crippen molar-refractivity contribution in [2.75, 3.05) is 0 Å². The Bertz CT molecular complexity index is 572. The van der Waals surface area contributed by atoms with Crippen molar-refractivity contribution in [3.63, 3.8) is 0 Å². The number of hydrogen-bond donors (Lipinski definition) is 0. The number of halogens is 4. The lowest BCUT2D eigenvalue weighted by molar-refractivity contribution is -0.137. The van der Waals surface area contributed by atoms with Crippen LogP contribution in [-0.2, 0) is 12.1 Å². The molecule has 0 bridgehead atoms. The predicted molar refractivity (Wildman–Crippen MR) is 65.3 cm³/mol. The lowest BCUT2D eigenvalue weighted by Gasteiger charge is -2.10. The van der Waals surface area contributed by atoms with Gasteiger partial charge in [0.1, 0.15) is 11.5 Å². The Balaban J connectivity index is 2.23. The summed E-state index contributed by atoms with van der Waals surface area (Å²) in [4.78, 5) is 3.96. The van der Waals surface area contributed by atoms with Crippen LogP contribution in [0.4, 0.5) is 13.2 Å². The number of benzene rings is 1. The van der Waals surface area contributed by atoms with E-state index in [1.165, 1.54) is 18.3 Å². The Morgan fingerprint density at radius 3 is 2.53 bits per heavy atom. The van der Waals surface area contributed by atoms with Gasteiger partial charge in [0.2, 0.25) is 0 Å². The first-order valence-corrected chi connectivity index (χ1v) is 5.88. The maximum absolute atomic E-state index is 12.5. The van der Waals surface area contributed by atoms with Crippen LogP contribution < -0.4 is 4.74 Å². The third-order valence-corrected chi connectivity index (χ3v) is 2.60. The molecule has 0 saturated carbocycles. The van der Waals surface area contributed by atoms with Gasteiger partial charge in [-0.25, -0.2) is 0 Å². The molecule has 0 amide bonds. The van der Waals surface area contributed by atoms with Crippen LogP contribution in [0.1, 0.15) is 11.3 Å². The number of alkyl halides is 4. The maximum atomic E-state index is 12.5. The van der Waals surface area contributed by atoms with Crippen molar-refractivity contribution < 1.29 is 17.9 Å². The number of aromatic nitrogens is 1. The summed E-state index contributed by atoms with van der Waals surface area (Å²) in [6.45, 7) is 0. The van der Waals surface area contributed by atoms with Crippen molar-refractivity contribution in [3.05, 3.63) is 53.9 Å². The van der Waals surface area contributed by atoms with Gasteiger partial charge in [-0.3, -0.25) is 4.98 Å². The molecule has 0 atom stereocenters. The van der Waals surface area contributed by atoms with Crippen LogP contribution >= 0.6 is 11.6 Å². The van der Waals surface area contributed by atoms with Crippen molar-refractivity contribution >= 4 is 11.6 Å². The predicted octanol–water partition coefficient (Wildman–Crippen LogP) is 4.63. The maximum Gasteiger partial charge on any atom is 0.416 e. The molecule has 1 aromatic carbocycles. The average molecular weight is 288 g/mol. The first-order valence-electron chi connectivity index (χ1n) is 5.35. The third kappa shape index (κ3) is 3.61. The van der Waals surface area contributed by atoms with Crippen LogP contribution in [0.5, 0.6) is 11.5 Å². The number of ether oxygens (including phenoxy) is 1. The van der Waals surface area contributed by atoms with Crippen molar-refractivity contribution in [2.45, 2.75) is 12.1 Å². The summed E-state index contributed by atoms with van der Waals surface area (Å²) in [5.74, 6) is 0.714. The van der Waals surface area contributed by atoms with Gasteiger partial charge in [-0.2, -0.15) is 13.2 Å². The Morgan fingerprint density at radius 2 is 1.84 bits per heavy atom. The molecule has 2 aromatic rings. The summed E-state index contributed by atoms with van der Waals surface area (Å²) < 4.78 is 43.0. The van der Waals surface area contributed by atoms with Crippen molar-refractivity contribution in [2.24, 2.45) is 0 Å². The molecule has 2 rings (SSSR count). The van der Waals surface area contributed by atoms with E-state index in [4.69, 9.17) is 16.3 Å². The highest BCUT2D eigenvalue weighted by atomic mass is 35.5. The quantitative estimate of drug-likeness (QED) is 0.768. The molecule has 1 heterocycles. The zero-order chi connectivity index (χ0) is 13.9. The molecular weight excluding hydrogens is 279 g/mol. The average Bonchev–Trinajstić information content (AvgIpc) is 2.38. The minimum atomic E-state index is -4.39. The fraction of sp³-hybridized carbons (Fsp3) is 0.154. The first-order chi connectivity index (χ1) is 8.99. The van der Waals surface area contributed by atoms with Crippen LogP contribution in [0, 0.1) is 0 Å². The molecule has 0 N–H and O–H groups in total. The molecule has 0 fully saturated rings. The Morgan fingerprint density at radius 1 is 1.11 bits per heavy atom. The molecule has 0 saturated heterocycles. The van der Waals surface area contributed by atoms with Crippen LogP contribution in [0.15, 0.2) is 42.6 Å².